The second-order valence-corrected chi connectivity index (χ2v) is 7.04. The van der Waals surface area contributed by atoms with Crippen LogP contribution in [-0.2, 0) is 0 Å². The molecule has 0 radical (unpaired) electrons. The molecule has 0 unspecified atom stereocenters. The van der Waals surface area contributed by atoms with Gasteiger partial charge in [0.15, 0.2) is 5.76 Å². The highest BCUT2D eigenvalue weighted by Crippen LogP contribution is 2.35. The van der Waals surface area contributed by atoms with Crippen molar-refractivity contribution < 1.29 is 19.1 Å². The minimum atomic E-state index is -0.293. The van der Waals surface area contributed by atoms with Crippen LogP contribution in [0.2, 0.25) is 0 Å². The number of ketones is 1. The molecule has 2 aromatic carbocycles. The standard InChI is InChI=1S/C23H23N3O4/c1-3-4-9-24-23(28)26-15-5-8-20-18(11-15)22(27)21(30-20)10-14-13-25-19-7-6-16(29-2)12-17(14)19/h5-8,10-13,25H,3-4,9H2,1-2H3,(H2,24,26,28)/b21-10-. The number of Topliss-reactive ketones (excluding diaryl/α,β-unsaturated/α-hetero) is 1. The number of fused-ring (bicyclic) bond motifs is 2. The van der Waals surface area contributed by atoms with Gasteiger partial charge in [-0.1, -0.05) is 13.3 Å². The molecule has 0 bridgehead atoms. The van der Waals surface area contributed by atoms with Crippen molar-refractivity contribution in [2.24, 2.45) is 0 Å². The van der Waals surface area contributed by atoms with E-state index in [9.17, 15) is 9.59 Å². The predicted octanol–water partition coefficient (Wildman–Crippen LogP) is 4.71. The normalized spacial score (nSPS) is 13.9. The Morgan fingerprint density at radius 1 is 1.23 bits per heavy atom. The summed E-state index contributed by atoms with van der Waals surface area (Å²) in [7, 11) is 1.61. The van der Waals surface area contributed by atoms with Crippen LogP contribution in [-0.4, -0.2) is 30.5 Å². The lowest BCUT2D eigenvalue weighted by Crippen LogP contribution is -2.29. The van der Waals surface area contributed by atoms with E-state index in [1.807, 2.05) is 24.4 Å². The van der Waals surface area contributed by atoms with Gasteiger partial charge < -0.3 is 25.1 Å². The maximum Gasteiger partial charge on any atom is 0.319 e. The van der Waals surface area contributed by atoms with Crippen LogP contribution in [0.15, 0.2) is 48.4 Å². The fourth-order valence-electron chi connectivity index (χ4n) is 3.33. The van der Waals surface area contributed by atoms with E-state index in [-0.39, 0.29) is 17.6 Å². The van der Waals surface area contributed by atoms with Crippen molar-refractivity contribution in [2.75, 3.05) is 19.0 Å². The number of ether oxygens (including phenoxy) is 2. The molecule has 2 heterocycles. The number of aromatic nitrogens is 1. The summed E-state index contributed by atoms with van der Waals surface area (Å²) in [5, 5.41) is 6.47. The van der Waals surface area contributed by atoms with E-state index in [0.29, 0.717) is 23.5 Å². The van der Waals surface area contributed by atoms with Crippen molar-refractivity contribution in [2.45, 2.75) is 19.8 Å². The van der Waals surface area contributed by atoms with Gasteiger partial charge in [0.1, 0.15) is 11.5 Å². The van der Waals surface area contributed by atoms with Crippen molar-refractivity contribution in [1.82, 2.24) is 10.3 Å². The van der Waals surface area contributed by atoms with Crippen molar-refractivity contribution in [3.8, 4) is 11.5 Å². The minimum absolute atomic E-state index is 0.225. The number of aromatic amines is 1. The molecule has 4 rings (SSSR count). The summed E-state index contributed by atoms with van der Waals surface area (Å²) in [5.41, 5.74) is 2.72. The van der Waals surface area contributed by atoms with E-state index < -0.39 is 0 Å². The summed E-state index contributed by atoms with van der Waals surface area (Å²) in [6.07, 6.45) is 5.45. The van der Waals surface area contributed by atoms with Crippen molar-refractivity contribution in [1.29, 1.82) is 0 Å². The molecule has 3 aromatic rings. The van der Waals surface area contributed by atoms with Gasteiger partial charge in [-0.15, -0.1) is 0 Å². The van der Waals surface area contributed by atoms with Crippen LogP contribution in [0.1, 0.15) is 35.7 Å². The lowest BCUT2D eigenvalue weighted by molar-refractivity contribution is 0.101. The molecule has 0 spiro atoms. The van der Waals surface area contributed by atoms with Crippen molar-refractivity contribution in [3.63, 3.8) is 0 Å². The van der Waals surface area contributed by atoms with Crippen LogP contribution in [0, 0.1) is 0 Å². The van der Waals surface area contributed by atoms with E-state index in [1.165, 1.54) is 0 Å². The largest absolute Gasteiger partial charge is 0.497 e. The number of amides is 2. The maximum absolute atomic E-state index is 12.9. The number of carbonyl (C=O) groups is 2. The van der Waals surface area contributed by atoms with Gasteiger partial charge in [0.25, 0.3) is 0 Å². The molecule has 0 atom stereocenters. The first-order valence-electron chi connectivity index (χ1n) is 9.87. The highest BCUT2D eigenvalue weighted by Gasteiger charge is 2.28. The van der Waals surface area contributed by atoms with Gasteiger partial charge in [-0.3, -0.25) is 4.79 Å². The summed E-state index contributed by atoms with van der Waals surface area (Å²) in [5.74, 6) is 1.22. The van der Waals surface area contributed by atoms with Gasteiger partial charge >= 0.3 is 6.03 Å². The first-order valence-corrected chi connectivity index (χ1v) is 9.87. The molecule has 1 aliphatic heterocycles. The highest BCUT2D eigenvalue weighted by atomic mass is 16.5. The molecule has 0 saturated heterocycles. The average Bonchev–Trinajstić information content (AvgIpc) is 3.29. The fourth-order valence-corrected chi connectivity index (χ4v) is 3.33. The smallest absolute Gasteiger partial charge is 0.319 e. The molecule has 7 heteroatoms. The maximum atomic E-state index is 12.9. The third-order valence-corrected chi connectivity index (χ3v) is 4.95. The number of benzene rings is 2. The number of H-pyrrole nitrogens is 1. The van der Waals surface area contributed by atoms with E-state index in [0.717, 1.165) is 35.1 Å². The SMILES string of the molecule is CCCCNC(=O)Nc1ccc2c(c1)C(=O)/C(=C/c1c[nH]c3ccc(OC)cc13)O2. The van der Waals surface area contributed by atoms with Crippen LogP contribution in [0.4, 0.5) is 10.5 Å². The molecule has 30 heavy (non-hydrogen) atoms. The van der Waals surface area contributed by atoms with Gasteiger partial charge in [-0.2, -0.15) is 0 Å². The molecule has 1 aliphatic rings. The molecular formula is C23H23N3O4. The Balaban J connectivity index is 1.55. The summed E-state index contributed by atoms with van der Waals surface area (Å²) >= 11 is 0. The Bertz CT molecular complexity index is 1150. The monoisotopic (exact) mass is 405 g/mol. The van der Waals surface area contributed by atoms with Crippen LogP contribution < -0.4 is 20.1 Å². The number of carbonyl (C=O) groups excluding carboxylic acids is 2. The summed E-state index contributed by atoms with van der Waals surface area (Å²) < 4.78 is 11.1. The number of hydrogen-bond donors (Lipinski definition) is 3. The minimum Gasteiger partial charge on any atom is -0.497 e. The second kappa shape index (κ2) is 8.32. The van der Waals surface area contributed by atoms with Crippen LogP contribution >= 0.6 is 0 Å². The second-order valence-electron chi connectivity index (χ2n) is 7.04. The number of unbranched alkanes of at least 4 members (excludes halogenated alkanes) is 1. The lowest BCUT2D eigenvalue weighted by Gasteiger charge is -2.07. The number of nitrogens with one attached hydrogen (secondary N) is 3. The topological polar surface area (TPSA) is 92.5 Å². The van der Waals surface area contributed by atoms with Crippen LogP contribution in [0.25, 0.3) is 17.0 Å². The number of hydrogen-bond acceptors (Lipinski definition) is 4. The Morgan fingerprint density at radius 2 is 2.10 bits per heavy atom. The first kappa shape index (κ1) is 19.6. The number of urea groups is 1. The molecule has 0 fully saturated rings. The van der Waals surface area contributed by atoms with Crippen LogP contribution in [0.3, 0.4) is 0 Å². The van der Waals surface area contributed by atoms with Gasteiger partial charge in [0.2, 0.25) is 5.78 Å². The summed E-state index contributed by atoms with van der Waals surface area (Å²) in [6, 6.07) is 10.4. The molecular weight excluding hydrogens is 382 g/mol. The highest BCUT2D eigenvalue weighted by molar-refractivity contribution is 6.15. The predicted molar refractivity (Wildman–Crippen MR) is 116 cm³/mol. The molecule has 154 valence electrons. The fraction of sp³-hybridized carbons (Fsp3) is 0.217. The Kier molecular flexibility index (Phi) is 5.43. The Morgan fingerprint density at radius 3 is 2.90 bits per heavy atom. The number of anilines is 1. The molecule has 2 amide bonds. The quantitative estimate of drug-likeness (QED) is 0.409. The molecule has 7 nitrogen and oxygen atoms in total. The van der Waals surface area contributed by atoms with Crippen molar-refractivity contribution in [3.05, 3.63) is 59.5 Å². The zero-order chi connectivity index (χ0) is 21.1. The lowest BCUT2D eigenvalue weighted by atomic mass is 10.1. The molecule has 0 saturated carbocycles. The molecule has 3 N–H and O–H groups in total. The summed E-state index contributed by atoms with van der Waals surface area (Å²) in [6.45, 7) is 2.67. The molecule has 0 aliphatic carbocycles. The van der Waals surface area contributed by atoms with Gasteiger partial charge in [-0.05, 0) is 48.9 Å². The number of allylic oxidation sites excluding steroid dienone is 1. The van der Waals surface area contributed by atoms with E-state index >= 15 is 0 Å². The van der Waals surface area contributed by atoms with Crippen molar-refractivity contribution >= 4 is 34.5 Å². The van der Waals surface area contributed by atoms with Gasteiger partial charge in [0.05, 0.1) is 12.7 Å². The van der Waals surface area contributed by atoms with E-state index in [1.54, 1.807) is 31.4 Å². The average molecular weight is 405 g/mol. The van der Waals surface area contributed by atoms with Crippen LogP contribution in [0.5, 0.6) is 11.5 Å². The third kappa shape index (κ3) is 3.87. The zero-order valence-corrected chi connectivity index (χ0v) is 16.9. The van der Waals surface area contributed by atoms with Gasteiger partial charge in [0, 0.05) is 34.9 Å². The first-order chi connectivity index (χ1) is 14.6. The van der Waals surface area contributed by atoms with E-state index in [4.69, 9.17) is 9.47 Å². The molecule has 1 aromatic heterocycles. The Labute approximate surface area is 174 Å². The Hall–Kier alpha value is -3.74. The zero-order valence-electron chi connectivity index (χ0n) is 16.9. The summed E-state index contributed by atoms with van der Waals surface area (Å²) in [4.78, 5) is 28.0. The number of methoxy groups -OCH3 is 1. The number of rotatable bonds is 6. The van der Waals surface area contributed by atoms with Gasteiger partial charge in [-0.25, -0.2) is 4.79 Å². The van der Waals surface area contributed by atoms with E-state index in [2.05, 4.69) is 22.5 Å². The third-order valence-electron chi connectivity index (χ3n) is 4.95.